The molecule has 1 aromatic heterocycles. The molecule has 2 aromatic rings. The van der Waals surface area contributed by atoms with E-state index in [4.69, 9.17) is 4.98 Å². The molecule has 0 aliphatic rings. The van der Waals surface area contributed by atoms with Crippen molar-refractivity contribution in [1.82, 2.24) is 14.9 Å². The first-order valence-corrected chi connectivity index (χ1v) is 8.67. The maximum absolute atomic E-state index is 4.75. The van der Waals surface area contributed by atoms with E-state index >= 15 is 0 Å². The third kappa shape index (κ3) is 3.76. The number of aromatic nitrogens is 2. The molecule has 1 heterocycles. The molecule has 3 nitrogen and oxygen atoms in total. The number of aryl methyl sites for hydroxylation is 1. The Morgan fingerprint density at radius 1 is 1.30 bits per heavy atom. The van der Waals surface area contributed by atoms with Gasteiger partial charge in [0.15, 0.2) is 0 Å². The Labute approximate surface area is 126 Å². The third-order valence-corrected chi connectivity index (χ3v) is 4.49. The van der Waals surface area contributed by atoms with E-state index in [1.54, 1.807) is 0 Å². The summed E-state index contributed by atoms with van der Waals surface area (Å²) >= 11 is 2.01. The minimum Gasteiger partial charge on any atom is -0.327 e. The smallest absolute Gasteiger partial charge is 0.123 e. The van der Waals surface area contributed by atoms with Crippen molar-refractivity contribution in [2.24, 2.45) is 0 Å². The standard InChI is InChI=1S/C16H25N3S/c1-4-19-15-9-7-6-8-14(15)18-16(19)12-17-13(3)10-11-20-5-2/h6-9,13,17H,4-5,10-12H2,1-3H3. The monoisotopic (exact) mass is 291 g/mol. The molecule has 4 heteroatoms. The number of benzene rings is 1. The predicted octanol–water partition coefficient (Wildman–Crippen LogP) is 3.68. The van der Waals surface area contributed by atoms with E-state index in [-0.39, 0.29) is 0 Å². The van der Waals surface area contributed by atoms with Gasteiger partial charge in [-0.2, -0.15) is 11.8 Å². The Morgan fingerprint density at radius 2 is 2.10 bits per heavy atom. The van der Waals surface area contributed by atoms with Gasteiger partial charge in [-0.1, -0.05) is 19.1 Å². The van der Waals surface area contributed by atoms with Gasteiger partial charge in [0.05, 0.1) is 17.6 Å². The van der Waals surface area contributed by atoms with Gasteiger partial charge in [0.2, 0.25) is 0 Å². The predicted molar refractivity (Wildman–Crippen MR) is 89.3 cm³/mol. The number of fused-ring (bicyclic) bond motifs is 1. The minimum atomic E-state index is 0.541. The Hall–Kier alpha value is -1.00. The van der Waals surface area contributed by atoms with E-state index in [1.165, 1.54) is 23.4 Å². The summed E-state index contributed by atoms with van der Waals surface area (Å²) in [5.41, 5.74) is 2.33. The number of nitrogens with zero attached hydrogens (tertiary/aromatic N) is 2. The Morgan fingerprint density at radius 3 is 2.85 bits per heavy atom. The highest BCUT2D eigenvalue weighted by Gasteiger charge is 2.09. The van der Waals surface area contributed by atoms with Crippen LogP contribution in [0.3, 0.4) is 0 Å². The van der Waals surface area contributed by atoms with Crippen molar-refractivity contribution >= 4 is 22.8 Å². The van der Waals surface area contributed by atoms with Gasteiger partial charge in [0, 0.05) is 12.6 Å². The van der Waals surface area contributed by atoms with Crippen LogP contribution < -0.4 is 5.32 Å². The van der Waals surface area contributed by atoms with E-state index in [1.807, 2.05) is 11.8 Å². The van der Waals surface area contributed by atoms with Gasteiger partial charge in [-0.05, 0) is 43.9 Å². The van der Waals surface area contributed by atoms with Gasteiger partial charge in [0.25, 0.3) is 0 Å². The van der Waals surface area contributed by atoms with E-state index < -0.39 is 0 Å². The largest absolute Gasteiger partial charge is 0.327 e. The fraction of sp³-hybridized carbons (Fsp3) is 0.562. The molecule has 0 aliphatic heterocycles. The van der Waals surface area contributed by atoms with E-state index in [0.29, 0.717) is 6.04 Å². The molecule has 1 unspecified atom stereocenters. The van der Waals surface area contributed by atoms with Crippen LogP contribution in [0.5, 0.6) is 0 Å². The third-order valence-electron chi connectivity index (χ3n) is 3.56. The molecule has 0 aliphatic carbocycles. The summed E-state index contributed by atoms with van der Waals surface area (Å²) in [6.07, 6.45) is 1.21. The first-order valence-electron chi connectivity index (χ1n) is 7.51. The zero-order valence-electron chi connectivity index (χ0n) is 12.7. The molecule has 1 atom stereocenters. The quantitative estimate of drug-likeness (QED) is 0.753. The van der Waals surface area contributed by atoms with Gasteiger partial charge in [-0.3, -0.25) is 0 Å². The van der Waals surface area contributed by atoms with Crippen LogP contribution in [-0.2, 0) is 13.1 Å². The lowest BCUT2D eigenvalue weighted by molar-refractivity contribution is 0.515. The second-order valence-electron chi connectivity index (χ2n) is 5.03. The lowest BCUT2D eigenvalue weighted by Crippen LogP contribution is -2.27. The number of imidazole rings is 1. The molecular formula is C16H25N3S. The number of para-hydroxylation sites is 2. The molecule has 0 spiro atoms. The summed E-state index contributed by atoms with van der Waals surface area (Å²) in [6, 6.07) is 8.91. The van der Waals surface area contributed by atoms with Crippen LogP contribution in [0.1, 0.15) is 33.0 Å². The van der Waals surface area contributed by atoms with Crippen molar-refractivity contribution in [3.63, 3.8) is 0 Å². The van der Waals surface area contributed by atoms with Gasteiger partial charge in [-0.15, -0.1) is 0 Å². The van der Waals surface area contributed by atoms with Crippen molar-refractivity contribution in [2.45, 2.75) is 46.3 Å². The molecule has 1 aromatic carbocycles. The maximum atomic E-state index is 4.75. The van der Waals surface area contributed by atoms with Gasteiger partial charge >= 0.3 is 0 Å². The second kappa shape index (κ2) is 7.70. The van der Waals surface area contributed by atoms with Crippen LogP contribution in [0.4, 0.5) is 0 Å². The highest BCUT2D eigenvalue weighted by Crippen LogP contribution is 2.16. The SMILES string of the molecule is CCSCCC(C)NCc1nc2ccccc2n1CC. The second-order valence-corrected chi connectivity index (χ2v) is 6.42. The van der Waals surface area contributed by atoms with Gasteiger partial charge < -0.3 is 9.88 Å². The first-order chi connectivity index (χ1) is 9.76. The molecule has 0 radical (unpaired) electrons. The van der Waals surface area contributed by atoms with Crippen molar-refractivity contribution in [2.75, 3.05) is 11.5 Å². The van der Waals surface area contributed by atoms with E-state index in [9.17, 15) is 0 Å². The normalized spacial score (nSPS) is 12.9. The fourth-order valence-corrected chi connectivity index (χ4v) is 3.19. The van der Waals surface area contributed by atoms with Crippen molar-refractivity contribution in [1.29, 1.82) is 0 Å². The molecule has 110 valence electrons. The van der Waals surface area contributed by atoms with Crippen LogP contribution >= 0.6 is 11.8 Å². The van der Waals surface area contributed by atoms with Crippen molar-refractivity contribution in [3.8, 4) is 0 Å². The number of hydrogen-bond donors (Lipinski definition) is 1. The molecule has 0 saturated heterocycles. The Kier molecular flexibility index (Phi) is 5.92. The Bertz CT molecular complexity index is 536. The molecule has 0 fully saturated rings. The highest BCUT2D eigenvalue weighted by atomic mass is 32.2. The molecule has 20 heavy (non-hydrogen) atoms. The zero-order chi connectivity index (χ0) is 14.4. The topological polar surface area (TPSA) is 29.9 Å². The first kappa shape index (κ1) is 15.4. The van der Waals surface area contributed by atoms with Crippen molar-refractivity contribution < 1.29 is 0 Å². The minimum absolute atomic E-state index is 0.541. The number of rotatable bonds is 8. The molecular weight excluding hydrogens is 266 g/mol. The van der Waals surface area contributed by atoms with Crippen LogP contribution in [0.25, 0.3) is 11.0 Å². The summed E-state index contributed by atoms with van der Waals surface area (Å²) in [6.45, 7) is 8.47. The maximum Gasteiger partial charge on any atom is 0.123 e. The summed E-state index contributed by atoms with van der Waals surface area (Å²) in [7, 11) is 0. The van der Waals surface area contributed by atoms with Gasteiger partial charge in [-0.25, -0.2) is 4.98 Å². The molecule has 1 N–H and O–H groups in total. The molecule has 0 bridgehead atoms. The average molecular weight is 291 g/mol. The summed E-state index contributed by atoms with van der Waals surface area (Å²) in [5, 5.41) is 3.60. The number of thioether (sulfide) groups is 1. The molecule has 0 saturated carbocycles. The lowest BCUT2D eigenvalue weighted by Gasteiger charge is -2.14. The summed E-state index contributed by atoms with van der Waals surface area (Å²) in [5.74, 6) is 3.58. The van der Waals surface area contributed by atoms with Crippen molar-refractivity contribution in [3.05, 3.63) is 30.1 Å². The van der Waals surface area contributed by atoms with Crippen LogP contribution in [0.2, 0.25) is 0 Å². The zero-order valence-corrected chi connectivity index (χ0v) is 13.5. The average Bonchev–Trinajstić information content (AvgIpc) is 2.83. The molecule has 2 rings (SSSR count). The highest BCUT2D eigenvalue weighted by molar-refractivity contribution is 7.99. The van der Waals surface area contributed by atoms with E-state index in [2.05, 4.69) is 54.9 Å². The van der Waals surface area contributed by atoms with E-state index in [0.717, 1.165) is 24.4 Å². The van der Waals surface area contributed by atoms with Crippen LogP contribution in [-0.4, -0.2) is 27.1 Å². The van der Waals surface area contributed by atoms with Crippen LogP contribution in [0, 0.1) is 0 Å². The molecule has 0 amide bonds. The number of hydrogen-bond acceptors (Lipinski definition) is 3. The summed E-state index contributed by atoms with van der Waals surface area (Å²) in [4.78, 5) is 4.75. The lowest BCUT2D eigenvalue weighted by atomic mass is 10.2. The number of nitrogens with one attached hydrogen (secondary N) is 1. The summed E-state index contributed by atoms with van der Waals surface area (Å²) < 4.78 is 2.30. The Balaban J connectivity index is 1.99. The van der Waals surface area contributed by atoms with Crippen LogP contribution in [0.15, 0.2) is 24.3 Å². The fourth-order valence-electron chi connectivity index (χ4n) is 2.39. The van der Waals surface area contributed by atoms with Gasteiger partial charge in [0.1, 0.15) is 5.82 Å².